The number of nitrogens with two attached hydrogens (primary N) is 1. The number of aliphatic hydroxyl groups is 1. The average molecular weight is 554 g/mol. The highest BCUT2D eigenvalue weighted by atomic mass is 35.5. The minimum Gasteiger partial charge on any atom is -0.394 e. The first-order valence-electron chi connectivity index (χ1n) is 13.0. The van der Waals surface area contributed by atoms with Crippen molar-refractivity contribution in [2.24, 2.45) is 5.73 Å². The van der Waals surface area contributed by atoms with Gasteiger partial charge in [-0.05, 0) is 65.4 Å². The monoisotopic (exact) mass is 553 g/mol. The standard InChI is InChI=1S/C33H32ClN3O3/c1-23(26-11-8-12-29(34)18-26)37-32(39)28-16-25(15-27(17-28)30-13-6-7-14-31(30)36-2)20-40-22-33(35,21-38)19-24-9-4-3-5-10-24/h3-18,23,38H,19-22,35H2,1H3,(H,37,39). The molecule has 4 aromatic rings. The average Bonchev–Trinajstić information content (AvgIpc) is 2.97. The van der Waals surface area contributed by atoms with Crippen LogP contribution in [-0.2, 0) is 17.8 Å². The van der Waals surface area contributed by atoms with Gasteiger partial charge in [0.15, 0.2) is 5.69 Å². The molecule has 0 aliphatic rings. The summed E-state index contributed by atoms with van der Waals surface area (Å²) < 4.78 is 6.00. The Balaban J connectivity index is 1.57. The van der Waals surface area contributed by atoms with Crippen LogP contribution in [0.15, 0.2) is 97.1 Å². The van der Waals surface area contributed by atoms with E-state index in [1.807, 2.05) is 79.7 Å². The fraction of sp³-hybridized carbons (Fsp3) is 0.212. The van der Waals surface area contributed by atoms with Crippen LogP contribution in [0.2, 0.25) is 5.02 Å². The summed E-state index contributed by atoms with van der Waals surface area (Å²) in [5, 5.41) is 13.6. The van der Waals surface area contributed by atoms with Gasteiger partial charge in [-0.15, -0.1) is 0 Å². The second kappa shape index (κ2) is 13.4. The molecular weight excluding hydrogens is 522 g/mol. The van der Waals surface area contributed by atoms with Crippen LogP contribution in [0.1, 0.15) is 40.0 Å². The number of carbonyl (C=O) groups excluding carboxylic acids is 1. The summed E-state index contributed by atoms with van der Waals surface area (Å²) in [5.41, 5.74) is 10.5. The van der Waals surface area contributed by atoms with E-state index in [-0.39, 0.29) is 31.8 Å². The molecule has 0 fully saturated rings. The van der Waals surface area contributed by atoms with Gasteiger partial charge in [0.05, 0.1) is 38.0 Å². The molecule has 0 saturated carbocycles. The van der Waals surface area contributed by atoms with Gasteiger partial charge in [0.25, 0.3) is 5.91 Å². The highest BCUT2D eigenvalue weighted by molar-refractivity contribution is 6.30. The van der Waals surface area contributed by atoms with Gasteiger partial charge >= 0.3 is 0 Å². The minimum atomic E-state index is -0.956. The number of para-hydroxylation sites is 1. The van der Waals surface area contributed by atoms with Crippen LogP contribution >= 0.6 is 11.6 Å². The molecule has 0 aliphatic heterocycles. The maximum absolute atomic E-state index is 13.4. The molecule has 0 radical (unpaired) electrons. The number of hydrogen-bond acceptors (Lipinski definition) is 4. The Labute approximate surface area is 240 Å². The highest BCUT2D eigenvalue weighted by Gasteiger charge is 2.25. The van der Waals surface area contributed by atoms with Crippen LogP contribution in [-0.4, -0.2) is 29.8 Å². The third kappa shape index (κ3) is 7.56. The van der Waals surface area contributed by atoms with Crippen LogP contribution in [0.5, 0.6) is 0 Å². The lowest BCUT2D eigenvalue weighted by Gasteiger charge is -2.27. The van der Waals surface area contributed by atoms with E-state index in [0.29, 0.717) is 22.7 Å². The molecule has 7 heteroatoms. The number of nitrogens with one attached hydrogen (secondary N) is 1. The van der Waals surface area contributed by atoms with Crippen molar-refractivity contribution in [3.8, 4) is 11.1 Å². The van der Waals surface area contributed by atoms with E-state index in [1.165, 1.54) is 0 Å². The summed E-state index contributed by atoms with van der Waals surface area (Å²) in [6.45, 7) is 9.54. The number of nitrogens with zero attached hydrogens (tertiary/aromatic N) is 1. The van der Waals surface area contributed by atoms with Crippen LogP contribution in [0.4, 0.5) is 5.69 Å². The lowest BCUT2D eigenvalue weighted by molar-refractivity contribution is 0.0457. The van der Waals surface area contributed by atoms with Gasteiger partial charge < -0.3 is 20.9 Å². The van der Waals surface area contributed by atoms with Gasteiger partial charge in [-0.25, -0.2) is 4.85 Å². The zero-order valence-electron chi connectivity index (χ0n) is 22.3. The minimum absolute atomic E-state index is 0.120. The first-order valence-corrected chi connectivity index (χ1v) is 13.4. The van der Waals surface area contributed by atoms with Crippen molar-refractivity contribution in [3.63, 3.8) is 0 Å². The number of benzene rings is 4. The van der Waals surface area contributed by atoms with Crippen LogP contribution in [0.25, 0.3) is 16.0 Å². The Bertz CT molecular complexity index is 1500. The number of amides is 1. The first kappa shape index (κ1) is 29.0. The van der Waals surface area contributed by atoms with Crippen molar-refractivity contribution in [1.29, 1.82) is 0 Å². The largest absolute Gasteiger partial charge is 0.394 e. The Kier molecular flexibility index (Phi) is 9.70. The molecule has 4 N–H and O–H groups in total. The Morgan fingerprint density at radius 1 is 1.02 bits per heavy atom. The topological polar surface area (TPSA) is 88.9 Å². The predicted octanol–water partition coefficient (Wildman–Crippen LogP) is 6.50. The molecule has 4 rings (SSSR count). The van der Waals surface area contributed by atoms with Crippen LogP contribution < -0.4 is 11.1 Å². The normalized spacial score (nSPS) is 13.2. The zero-order valence-corrected chi connectivity index (χ0v) is 23.1. The molecular formula is C33H32ClN3O3. The molecule has 2 atom stereocenters. The van der Waals surface area contributed by atoms with Gasteiger partial charge in [-0.2, -0.15) is 0 Å². The second-order valence-electron chi connectivity index (χ2n) is 9.97. The smallest absolute Gasteiger partial charge is 0.251 e. The van der Waals surface area contributed by atoms with Gasteiger partial charge in [-0.1, -0.05) is 84.4 Å². The van der Waals surface area contributed by atoms with Crippen LogP contribution in [0, 0.1) is 6.57 Å². The van der Waals surface area contributed by atoms with Crippen molar-refractivity contribution in [2.75, 3.05) is 13.2 Å². The molecule has 0 bridgehead atoms. The van der Waals surface area contributed by atoms with E-state index < -0.39 is 5.54 Å². The lowest BCUT2D eigenvalue weighted by atomic mass is 9.93. The first-order chi connectivity index (χ1) is 19.3. The number of aliphatic hydroxyl groups excluding tert-OH is 1. The van der Waals surface area contributed by atoms with Gasteiger partial charge in [0.2, 0.25) is 0 Å². The summed E-state index contributed by atoms with van der Waals surface area (Å²) in [6, 6.07) is 29.6. The Morgan fingerprint density at radius 2 is 1.77 bits per heavy atom. The van der Waals surface area contributed by atoms with E-state index in [0.717, 1.165) is 27.8 Å². The van der Waals surface area contributed by atoms with E-state index >= 15 is 0 Å². The predicted molar refractivity (Wildman–Crippen MR) is 159 cm³/mol. The summed E-state index contributed by atoms with van der Waals surface area (Å²) in [7, 11) is 0. The molecule has 1 amide bonds. The third-order valence-corrected chi connectivity index (χ3v) is 6.89. The zero-order chi connectivity index (χ0) is 28.5. The summed E-state index contributed by atoms with van der Waals surface area (Å²) in [5.74, 6) is -0.261. The van der Waals surface area contributed by atoms with E-state index in [4.69, 9.17) is 28.6 Å². The molecule has 0 spiro atoms. The van der Waals surface area contributed by atoms with Gasteiger partial charge in [0.1, 0.15) is 0 Å². The molecule has 4 aromatic carbocycles. The van der Waals surface area contributed by atoms with Crippen molar-refractivity contribution < 1.29 is 14.6 Å². The van der Waals surface area contributed by atoms with Gasteiger partial charge in [-0.3, -0.25) is 4.79 Å². The number of ether oxygens (including phenoxy) is 1. The number of halogens is 1. The molecule has 0 aromatic heterocycles. The third-order valence-electron chi connectivity index (χ3n) is 6.66. The lowest BCUT2D eigenvalue weighted by Crippen LogP contribution is -2.50. The second-order valence-corrected chi connectivity index (χ2v) is 10.4. The number of carbonyl (C=O) groups is 1. The summed E-state index contributed by atoms with van der Waals surface area (Å²) >= 11 is 6.14. The molecule has 2 unspecified atom stereocenters. The van der Waals surface area contributed by atoms with Gasteiger partial charge in [0, 0.05) is 10.6 Å². The molecule has 6 nitrogen and oxygen atoms in total. The summed E-state index contributed by atoms with van der Waals surface area (Å²) in [6.07, 6.45) is 0.456. The van der Waals surface area contributed by atoms with Crippen molar-refractivity contribution >= 4 is 23.2 Å². The van der Waals surface area contributed by atoms with E-state index in [1.54, 1.807) is 24.3 Å². The fourth-order valence-electron chi connectivity index (χ4n) is 4.54. The SMILES string of the molecule is [C-]#[N+]c1ccccc1-c1cc(COCC(N)(CO)Cc2ccccc2)cc(C(=O)NC(C)c2cccc(Cl)c2)c1. The molecule has 0 heterocycles. The number of hydrogen-bond donors (Lipinski definition) is 3. The Morgan fingerprint density at radius 3 is 2.50 bits per heavy atom. The Hall–Kier alpha value is -3.99. The van der Waals surface area contributed by atoms with Crippen LogP contribution in [0.3, 0.4) is 0 Å². The summed E-state index contributed by atoms with van der Waals surface area (Å²) in [4.78, 5) is 17.0. The van der Waals surface area contributed by atoms with Crippen molar-refractivity contribution in [3.05, 3.63) is 136 Å². The molecule has 204 valence electrons. The number of rotatable bonds is 11. The van der Waals surface area contributed by atoms with E-state index in [9.17, 15) is 9.90 Å². The van der Waals surface area contributed by atoms with Crippen molar-refractivity contribution in [2.45, 2.75) is 31.5 Å². The quantitative estimate of drug-likeness (QED) is 0.185. The molecule has 0 aliphatic carbocycles. The van der Waals surface area contributed by atoms with E-state index in [2.05, 4.69) is 10.2 Å². The van der Waals surface area contributed by atoms with Crippen molar-refractivity contribution in [1.82, 2.24) is 5.32 Å². The maximum atomic E-state index is 13.4. The fourth-order valence-corrected chi connectivity index (χ4v) is 4.74. The molecule has 40 heavy (non-hydrogen) atoms. The highest BCUT2D eigenvalue weighted by Crippen LogP contribution is 2.32. The maximum Gasteiger partial charge on any atom is 0.251 e. The molecule has 0 saturated heterocycles.